The Labute approximate surface area is 96.1 Å². The first-order valence-corrected chi connectivity index (χ1v) is 5.72. The standard InChI is InChI=1S/C12H8N2OS/c1-2-4-11-10(3-1)14-12(15-11)6-5-9-7-13-8-16-9/h1-8H/b6-5+. The predicted octanol–water partition coefficient (Wildman–Crippen LogP) is 3.45. The molecule has 3 nitrogen and oxygen atoms in total. The molecule has 0 bridgehead atoms. The van der Waals surface area contributed by atoms with Crippen molar-refractivity contribution in [1.29, 1.82) is 0 Å². The van der Waals surface area contributed by atoms with Gasteiger partial charge in [0.25, 0.3) is 0 Å². The molecule has 16 heavy (non-hydrogen) atoms. The van der Waals surface area contributed by atoms with Gasteiger partial charge in [-0.2, -0.15) is 0 Å². The Morgan fingerprint density at radius 1 is 1.19 bits per heavy atom. The van der Waals surface area contributed by atoms with Crippen molar-refractivity contribution in [2.45, 2.75) is 0 Å². The second kappa shape index (κ2) is 3.90. The van der Waals surface area contributed by atoms with Crippen molar-refractivity contribution in [3.63, 3.8) is 0 Å². The van der Waals surface area contributed by atoms with E-state index in [0.717, 1.165) is 16.0 Å². The molecule has 0 amide bonds. The van der Waals surface area contributed by atoms with Crippen molar-refractivity contribution < 1.29 is 4.42 Å². The van der Waals surface area contributed by atoms with Crippen molar-refractivity contribution in [3.05, 3.63) is 46.7 Å². The van der Waals surface area contributed by atoms with E-state index in [1.165, 1.54) is 0 Å². The molecule has 3 aromatic rings. The van der Waals surface area contributed by atoms with Gasteiger partial charge in [0, 0.05) is 17.2 Å². The Morgan fingerprint density at radius 2 is 2.12 bits per heavy atom. The summed E-state index contributed by atoms with van der Waals surface area (Å²) in [6.45, 7) is 0. The van der Waals surface area contributed by atoms with Gasteiger partial charge in [0.05, 0.1) is 5.51 Å². The second-order valence-corrected chi connectivity index (χ2v) is 4.17. The van der Waals surface area contributed by atoms with Crippen LogP contribution < -0.4 is 0 Å². The minimum Gasteiger partial charge on any atom is -0.437 e. The smallest absolute Gasteiger partial charge is 0.220 e. The van der Waals surface area contributed by atoms with Gasteiger partial charge in [-0.15, -0.1) is 11.3 Å². The third-order valence-corrected chi connectivity index (χ3v) is 2.89. The lowest BCUT2D eigenvalue weighted by Crippen LogP contribution is -1.68. The zero-order valence-electron chi connectivity index (χ0n) is 8.33. The summed E-state index contributed by atoms with van der Waals surface area (Å²) in [5.41, 5.74) is 3.49. The lowest BCUT2D eigenvalue weighted by Gasteiger charge is -1.81. The van der Waals surface area contributed by atoms with Crippen LogP contribution in [0.25, 0.3) is 23.3 Å². The minimum absolute atomic E-state index is 0.620. The molecule has 0 aliphatic heterocycles. The summed E-state index contributed by atoms with van der Waals surface area (Å²) in [5.74, 6) is 0.620. The third-order valence-electron chi connectivity index (χ3n) is 2.15. The third kappa shape index (κ3) is 1.75. The van der Waals surface area contributed by atoms with Crippen LogP contribution in [0.1, 0.15) is 10.8 Å². The number of fused-ring (bicyclic) bond motifs is 1. The number of aromatic nitrogens is 2. The van der Waals surface area contributed by atoms with E-state index in [0.29, 0.717) is 5.89 Å². The number of hydrogen-bond acceptors (Lipinski definition) is 4. The molecule has 0 unspecified atom stereocenters. The molecule has 0 aliphatic carbocycles. The topological polar surface area (TPSA) is 38.9 Å². The van der Waals surface area contributed by atoms with Crippen LogP contribution in [0.3, 0.4) is 0 Å². The normalized spacial score (nSPS) is 11.5. The Morgan fingerprint density at radius 3 is 2.94 bits per heavy atom. The van der Waals surface area contributed by atoms with E-state index in [2.05, 4.69) is 9.97 Å². The summed E-state index contributed by atoms with van der Waals surface area (Å²) in [5, 5.41) is 0. The first-order valence-electron chi connectivity index (χ1n) is 4.84. The highest BCUT2D eigenvalue weighted by Gasteiger charge is 2.00. The number of oxazole rings is 1. The first-order chi connectivity index (χ1) is 7.92. The van der Waals surface area contributed by atoms with Crippen LogP contribution in [0.5, 0.6) is 0 Å². The second-order valence-electron chi connectivity index (χ2n) is 3.26. The molecule has 3 rings (SSSR count). The van der Waals surface area contributed by atoms with Crippen molar-refractivity contribution in [2.75, 3.05) is 0 Å². The van der Waals surface area contributed by atoms with Crippen LogP contribution in [-0.4, -0.2) is 9.97 Å². The first kappa shape index (κ1) is 9.30. The van der Waals surface area contributed by atoms with Gasteiger partial charge in [-0.3, -0.25) is 4.98 Å². The largest absolute Gasteiger partial charge is 0.437 e. The van der Waals surface area contributed by atoms with Gasteiger partial charge in [-0.25, -0.2) is 4.98 Å². The van der Waals surface area contributed by atoms with Crippen LogP contribution in [0.2, 0.25) is 0 Å². The number of para-hydroxylation sites is 2. The maximum Gasteiger partial charge on any atom is 0.220 e. The molecule has 0 radical (unpaired) electrons. The Balaban J connectivity index is 1.95. The van der Waals surface area contributed by atoms with E-state index in [9.17, 15) is 0 Å². The monoisotopic (exact) mass is 228 g/mol. The minimum atomic E-state index is 0.620. The molecule has 0 N–H and O–H groups in total. The molecule has 0 atom stereocenters. The maximum atomic E-state index is 5.55. The summed E-state index contributed by atoms with van der Waals surface area (Å²) >= 11 is 1.58. The lowest BCUT2D eigenvalue weighted by atomic mass is 10.3. The van der Waals surface area contributed by atoms with Crippen LogP contribution in [-0.2, 0) is 0 Å². The van der Waals surface area contributed by atoms with E-state index < -0.39 is 0 Å². The van der Waals surface area contributed by atoms with Gasteiger partial charge in [-0.1, -0.05) is 12.1 Å². The highest BCUT2D eigenvalue weighted by Crippen LogP contribution is 2.17. The number of hydrogen-bond donors (Lipinski definition) is 0. The fourth-order valence-corrected chi connectivity index (χ4v) is 1.93. The zero-order valence-corrected chi connectivity index (χ0v) is 9.15. The Kier molecular flexibility index (Phi) is 2.27. The Hall–Kier alpha value is -1.94. The molecule has 2 heterocycles. The van der Waals surface area contributed by atoms with Gasteiger partial charge in [0.15, 0.2) is 5.58 Å². The highest BCUT2D eigenvalue weighted by atomic mass is 32.1. The summed E-state index contributed by atoms with van der Waals surface area (Å²) in [7, 11) is 0. The molecule has 0 fully saturated rings. The van der Waals surface area contributed by atoms with Crippen molar-refractivity contribution in [1.82, 2.24) is 9.97 Å². The average molecular weight is 228 g/mol. The molecule has 0 saturated carbocycles. The van der Waals surface area contributed by atoms with Crippen molar-refractivity contribution in [3.8, 4) is 0 Å². The molecule has 78 valence electrons. The zero-order chi connectivity index (χ0) is 10.8. The summed E-state index contributed by atoms with van der Waals surface area (Å²) in [4.78, 5) is 9.42. The summed E-state index contributed by atoms with van der Waals surface area (Å²) in [6, 6.07) is 7.72. The van der Waals surface area contributed by atoms with Gasteiger partial charge >= 0.3 is 0 Å². The van der Waals surface area contributed by atoms with E-state index in [1.54, 1.807) is 16.8 Å². The quantitative estimate of drug-likeness (QED) is 0.674. The number of thiazole rings is 1. The average Bonchev–Trinajstić information content (AvgIpc) is 2.95. The Bertz CT molecular complexity index is 592. The van der Waals surface area contributed by atoms with Crippen molar-refractivity contribution in [2.24, 2.45) is 0 Å². The van der Waals surface area contributed by atoms with Crippen LogP contribution >= 0.6 is 11.3 Å². The van der Waals surface area contributed by atoms with Gasteiger partial charge in [0.2, 0.25) is 5.89 Å². The number of nitrogens with zero attached hydrogens (tertiary/aromatic N) is 2. The van der Waals surface area contributed by atoms with E-state index in [4.69, 9.17) is 4.42 Å². The summed E-state index contributed by atoms with van der Waals surface area (Å²) in [6.07, 6.45) is 5.61. The maximum absolute atomic E-state index is 5.55. The molecular weight excluding hydrogens is 220 g/mol. The van der Waals surface area contributed by atoms with Crippen molar-refractivity contribution >= 4 is 34.6 Å². The van der Waals surface area contributed by atoms with E-state index in [1.807, 2.05) is 42.6 Å². The number of benzene rings is 1. The molecule has 2 aromatic heterocycles. The SMILES string of the molecule is C(=C\c1cncs1)/c1nc2ccccc2o1. The molecule has 0 spiro atoms. The highest BCUT2D eigenvalue weighted by molar-refractivity contribution is 7.10. The van der Waals surface area contributed by atoms with Crippen LogP contribution in [0.15, 0.2) is 40.4 Å². The summed E-state index contributed by atoms with van der Waals surface area (Å²) < 4.78 is 5.55. The molecular formula is C12H8N2OS. The predicted molar refractivity (Wildman–Crippen MR) is 65.1 cm³/mol. The van der Waals surface area contributed by atoms with Crippen LogP contribution in [0.4, 0.5) is 0 Å². The van der Waals surface area contributed by atoms with Crippen LogP contribution in [0, 0.1) is 0 Å². The molecule has 0 aliphatic rings. The molecule has 0 saturated heterocycles. The van der Waals surface area contributed by atoms with E-state index >= 15 is 0 Å². The van der Waals surface area contributed by atoms with E-state index in [-0.39, 0.29) is 0 Å². The fraction of sp³-hybridized carbons (Fsp3) is 0. The lowest BCUT2D eigenvalue weighted by molar-refractivity contribution is 0.590. The number of rotatable bonds is 2. The fourth-order valence-electron chi connectivity index (χ4n) is 1.42. The molecule has 4 heteroatoms. The van der Waals surface area contributed by atoms with Gasteiger partial charge in [0.1, 0.15) is 5.52 Å². The van der Waals surface area contributed by atoms with Gasteiger partial charge < -0.3 is 4.42 Å². The van der Waals surface area contributed by atoms with Gasteiger partial charge in [-0.05, 0) is 18.2 Å². The molecule has 1 aromatic carbocycles.